The van der Waals surface area contributed by atoms with Crippen LogP contribution in [0.25, 0.3) is 0 Å². The Morgan fingerprint density at radius 3 is 2.22 bits per heavy atom. The molecule has 0 N–H and O–H groups in total. The maximum absolute atomic E-state index is 12.7. The van der Waals surface area contributed by atoms with Crippen LogP contribution in [0.4, 0.5) is 0 Å². The van der Waals surface area contributed by atoms with Crippen LogP contribution < -0.4 is 0 Å². The number of carbonyl (C=O) groups is 2. The van der Waals surface area contributed by atoms with E-state index in [2.05, 4.69) is 6.07 Å². The number of nitriles is 1. The third-order valence-electron chi connectivity index (χ3n) is 3.45. The molecule has 23 heavy (non-hydrogen) atoms. The first-order valence-electron chi connectivity index (χ1n) is 7.57. The van der Waals surface area contributed by atoms with Gasteiger partial charge in [-0.25, -0.2) is 4.79 Å². The zero-order valence-electron chi connectivity index (χ0n) is 14.0. The lowest BCUT2D eigenvalue weighted by Crippen LogP contribution is -2.40. The lowest BCUT2D eigenvalue weighted by atomic mass is 9.77. The van der Waals surface area contributed by atoms with Crippen LogP contribution in [0.2, 0.25) is 5.02 Å². The fraction of sp³-hybridized carbons (Fsp3) is 0.500. The Morgan fingerprint density at radius 2 is 1.78 bits per heavy atom. The van der Waals surface area contributed by atoms with Crippen LogP contribution in [0.3, 0.4) is 0 Å². The van der Waals surface area contributed by atoms with Crippen LogP contribution in [-0.2, 0) is 19.7 Å². The van der Waals surface area contributed by atoms with E-state index in [1.165, 1.54) is 0 Å². The van der Waals surface area contributed by atoms with Gasteiger partial charge in [-0.2, -0.15) is 5.26 Å². The normalized spacial score (nSPS) is 13.7. The number of ketones is 1. The minimum atomic E-state index is -1.51. The van der Waals surface area contributed by atoms with Crippen LogP contribution in [0.1, 0.15) is 52.5 Å². The maximum atomic E-state index is 12.7. The molecule has 0 amide bonds. The maximum Gasteiger partial charge on any atom is 0.331 e. The third-order valence-corrected chi connectivity index (χ3v) is 3.70. The van der Waals surface area contributed by atoms with Gasteiger partial charge >= 0.3 is 5.97 Å². The summed E-state index contributed by atoms with van der Waals surface area (Å²) in [5, 5.41) is 10.3. The number of benzene rings is 1. The average Bonchev–Trinajstić information content (AvgIpc) is 2.47. The van der Waals surface area contributed by atoms with E-state index in [0.29, 0.717) is 17.0 Å². The summed E-state index contributed by atoms with van der Waals surface area (Å²) in [5.41, 5.74) is -1.74. The van der Waals surface area contributed by atoms with Gasteiger partial charge in [0.1, 0.15) is 11.4 Å². The number of nitrogens with zero attached hydrogens (tertiary/aromatic N) is 1. The van der Waals surface area contributed by atoms with Crippen molar-refractivity contribution in [2.45, 2.75) is 58.0 Å². The highest BCUT2D eigenvalue weighted by molar-refractivity contribution is 6.30. The molecule has 0 heterocycles. The van der Waals surface area contributed by atoms with E-state index in [4.69, 9.17) is 16.3 Å². The molecule has 0 aliphatic rings. The summed E-state index contributed by atoms with van der Waals surface area (Å²) >= 11 is 5.89. The van der Waals surface area contributed by atoms with Gasteiger partial charge in [-0.3, -0.25) is 4.79 Å². The van der Waals surface area contributed by atoms with E-state index < -0.39 is 17.0 Å². The predicted molar refractivity (Wildman–Crippen MR) is 89.1 cm³/mol. The second kappa shape index (κ2) is 7.61. The molecule has 1 rings (SSSR count). The molecule has 0 spiro atoms. The molecular weight excluding hydrogens is 314 g/mol. The molecule has 0 aliphatic heterocycles. The van der Waals surface area contributed by atoms with Crippen LogP contribution in [0, 0.1) is 11.3 Å². The van der Waals surface area contributed by atoms with Gasteiger partial charge in [-0.15, -0.1) is 0 Å². The Morgan fingerprint density at radius 1 is 1.22 bits per heavy atom. The zero-order chi connectivity index (χ0) is 17.7. The van der Waals surface area contributed by atoms with Gasteiger partial charge in [-0.1, -0.05) is 30.7 Å². The first-order valence-corrected chi connectivity index (χ1v) is 7.95. The van der Waals surface area contributed by atoms with Crippen molar-refractivity contribution in [2.75, 3.05) is 0 Å². The molecule has 124 valence electrons. The number of hydrogen-bond donors (Lipinski definition) is 0. The highest BCUT2D eigenvalue weighted by Crippen LogP contribution is 2.33. The highest BCUT2D eigenvalue weighted by atomic mass is 35.5. The van der Waals surface area contributed by atoms with Crippen molar-refractivity contribution < 1.29 is 14.3 Å². The summed E-state index contributed by atoms with van der Waals surface area (Å²) in [6.45, 7) is 6.98. The summed E-state index contributed by atoms with van der Waals surface area (Å²) in [6, 6.07) is 8.59. The quantitative estimate of drug-likeness (QED) is 0.730. The van der Waals surface area contributed by atoms with Gasteiger partial charge in [0.2, 0.25) is 0 Å². The molecule has 0 radical (unpaired) electrons. The minimum absolute atomic E-state index is 0.00199. The molecule has 0 unspecified atom stereocenters. The van der Waals surface area contributed by atoms with Crippen LogP contribution in [0.5, 0.6) is 0 Å². The molecular formula is C18H22ClNO3. The molecule has 0 aromatic heterocycles. The molecule has 1 aromatic rings. The van der Waals surface area contributed by atoms with Gasteiger partial charge in [0, 0.05) is 17.9 Å². The fourth-order valence-electron chi connectivity index (χ4n) is 2.13. The van der Waals surface area contributed by atoms with Gasteiger partial charge in [0.05, 0.1) is 6.07 Å². The number of ether oxygens (including phenoxy) is 1. The van der Waals surface area contributed by atoms with E-state index in [1.54, 1.807) is 52.0 Å². The Kier molecular flexibility index (Phi) is 6.35. The standard InChI is InChI=1S/C18H22ClNO3/c1-5-15(21)10-11-18(12-20,16(22)23-17(2,3)4)13-6-8-14(19)9-7-13/h6-9H,5,10-11H2,1-4H3/t18-/m0/s1. The number of rotatable bonds is 6. The van der Waals surface area contributed by atoms with Crippen molar-refractivity contribution in [1.82, 2.24) is 0 Å². The topological polar surface area (TPSA) is 67.2 Å². The van der Waals surface area contributed by atoms with Crippen molar-refractivity contribution in [3.63, 3.8) is 0 Å². The van der Waals surface area contributed by atoms with Gasteiger partial charge in [0.15, 0.2) is 5.41 Å². The third kappa shape index (κ3) is 5.07. The molecule has 0 aliphatic carbocycles. The predicted octanol–water partition coefficient (Wildman–Crippen LogP) is 4.20. The molecule has 0 fully saturated rings. The van der Waals surface area contributed by atoms with E-state index in [9.17, 15) is 14.9 Å². The van der Waals surface area contributed by atoms with E-state index in [0.717, 1.165) is 0 Å². The number of carbonyl (C=O) groups excluding carboxylic acids is 2. The van der Waals surface area contributed by atoms with Crippen molar-refractivity contribution >= 4 is 23.4 Å². The average molecular weight is 336 g/mol. The van der Waals surface area contributed by atoms with Crippen LogP contribution in [0.15, 0.2) is 24.3 Å². The molecule has 0 bridgehead atoms. The van der Waals surface area contributed by atoms with Crippen molar-refractivity contribution in [3.8, 4) is 6.07 Å². The number of esters is 1. The number of Topliss-reactive ketones (excluding diaryl/α,β-unsaturated/α-hetero) is 1. The first kappa shape index (κ1) is 19.2. The van der Waals surface area contributed by atoms with E-state index >= 15 is 0 Å². The summed E-state index contributed by atoms with van der Waals surface area (Å²) in [7, 11) is 0. The summed E-state index contributed by atoms with van der Waals surface area (Å²) in [5.74, 6) is -0.638. The fourth-order valence-corrected chi connectivity index (χ4v) is 2.26. The van der Waals surface area contributed by atoms with Crippen molar-refractivity contribution in [2.24, 2.45) is 0 Å². The second-order valence-corrected chi connectivity index (χ2v) is 6.85. The first-order chi connectivity index (χ1) is 10.6. The zero-order valence-corrected chi connectivity index (χ0v) is 14.7. The molecule has 1 atom stereocenters. The smallest absolute Gasteiger partial charge is 0.331 e. The van der Waals surface area contributed by atoms with Crippen LogP contribution >= 0.6 is 11.6 Å². The summed E-state index contributed by atoms with van der Waals surface area (Å²) < 4.78 is 5.44. The molecule has 0 saturated heterocycles. The monoisotopic (exact) mass is 335 g/mol. The van der Waals surface area contributed by atoms with Gasteiger partial charge in [0.25, 0.3) is 0 Å². The number of halogens is 1. The largest absolute Gasteiger partial charge is 0.459 e. The molecule has 4 nitrogen and oxygen atoms in total. The highest BCUT2D eigenvalue weighted by Gasteiger charge is 2.44. The lowest BCUT2D eigenvalue weighted by molar-refractivity contribution is -0.160. The second-order valence-electron chi connectivity index (χ2n) is 6.42. The van der Waals surface area contributed by atoms with Crippen molar-refractivity contribution in [1.29, 1.82) is 5.26 Å². The molecule has 5 heteroatoms. The molecule has 1 aromatic carbocycles. The van der Waals surface area contributed by atoms with E-state index in [-0.39, 0.29) is 18.6 Å². The molecule has 0 saturated carbocycles. The Hall–Kier alpha value is -1.86. The summed E-state index contributed by atoms with van der Waals surface area (Å²) in [6.07, 6.45) is 0.606. The lowest BCUT2D eigenvalue weighted by Gasteiger charge is -2.29. The Labute approximate surface area is 142 Å². The minimum Gasteiger partial charge on any atom is -0.459 e. The van der Waals surface area contributed by atoms with E-state index in [1.807, 2.05) is 0 Å². The van der Waals surface area contributed by atoms with Gasteiger partial charge in [-0.05, 0) is 44.9 Å². The Bertz CT molecular complexity index is 611. The number of hydrogen-bond acceptors (Lipinski definition) is 4. The van der Waals surface area contributed by atoms with Crippen molar-refractivity contribution in [3.05, 3.63) is 34.9 Å². The summed E-state index contributed by atoms with van der Waals surface area (Å²) in [4.78, 5) is 24.4. The Balaban J connectivity index is 3.26. The SMILES string of the molecule is CCC(=O)CC[C@@](C#N)(C(=O)OC(C)(C)C)c1ccc(Cl)cc1. The van der Waals surface area contributed by atoms with Crippen LogP contribution in [-0.4, -0.2) is 17.4 Å². The van der Waals surface area contributed by atoms with Gasteiger partial charge < -0.3 is 4.74 Å².